The average Bonchev–Trinajstić information content (AvgIpc) is 2.98. The maximum Gasteiger partial charge on any atom is 0.269 e. The highest BCUT2D eigenvalue weighted by atomic mass is 35.5. The second-order valence-electron chi connectivity index (χ2n) is 10.9. The fraction of sp³-hybridized carbons (Fsp3) is 0.400. The number of hydrogen-bond donors (Lipinski definition) is 1. The Morgan fingerprint density at radius 3 is 2.36 bits per heavy atom. The lowest BCUT2D eigenvalue weighted by molar-refractivity contribution is -0.384. The molecule has 2 aliphatic rings. The van der Waals surface area contributed by atoms with Crippen LogP contribution in [-0.4, -0.2) is 70.4 Å². The Bertz CT molecular complexity index is 1440. The maximum atomic E-state index is 12.7. The maximum absolute atomic E-state index is 12.7. The Labute approximate surface area is 262 Å². The van der Waals surface area contributed by atoms with Gasteiger partial charge in [-0.2, -0.15) is 0 Å². The van der Waals surface area contributed by atoms with Gasteiger partial charge in [0.25, 0.3) is 11.6 Å². The number of nitrogens with zero attached hydrogens (tertiary/aromatic N) is 5. The summed E-state index contributed by atoms with van der Waals surface area (Å²) in [6.45, 7) is 7.88. The molecular weight excluding hydrogens is 599 g/mol. The van der Waals surface area contributed by atoms with E-state index < -0.39 is 0 Å². The zero-order chi connectivity index (χ0) is 29.8. The summed E-state index contributed by atoms with van der Waals surface area (Å²) in [7, 11) is 0. The van der Waals surface area contributed by atoms with E-state index in [-0.39, 0.29) is 17.9 Å². The summed E-state index contributed by atoms with van der Waals surface area (Å²) in [4.78, 5) is 35.1. The fourth-order valence-corrected chi connectivity index (χ4v) is 6.42. The SMILES string of the molecule is CC1CN(c2ncc(C(=O)NCc3ccc(Cl)c(Cl)c3)cc2Cl)CCN1C1CCN(Cc2ccc([N+](=O)[O-])cc2)CC1.[HH]. The molecule has 0 radical (unpaired) electrons. The highest BCUT2D eigenvalue weighted by Crippen LogP contribution is 2.29. The number of rotatable bonds is 8. The molecule has 1 amide bonds. The number of anilines is 1. The highest BCUT2D eigenvalue weighted by molar-refractivity contribution is 6.42. The van der Waals surface area contributed by atoms with Crippen molar-refractivity contribution in [3.63, 3.8) is 0 Å². The van der Waals surface area contributed by atoms with Crippen LogP contribution in [0, 0.1) is 10.1 Å². The molecule has 1 atom stereocenters. The van der Waals surface area contributed by atoms with Crippen LogP contribution in [0.25, 0.3) is 0 Å². The third-order valence-corrected chi connectivity index (χ3v) is 9.10. The second-order valence-corrected chi connectivity index (χ2v) is 12.1. The van der Waals surface area contributed by atoms with Gasteiger partial charge in [0.15, 0.2) is 0 Å². The number of nitro groups is 1. The zero-order valence-electron chi connectivity index (χ0n) is 23.3. The lowest BCUT2D eigenvalue weighted by Gasteiger charge is -2.47. The first kappa shape index (κ1) is 30.5. The topological polar surface area (TPSA) is 94.9 Å². The van der Waals surface area contributed by atoms with E-state index in [0.29, 0.717) is 45.1 Å². The number of benzene rings is 2. The summed E-state index contributed by atoms with van der Waals surface area (Å²) in [5.74, 6) is 0.433. The molecule has 2 fully saturated rings. The molecule has 12 heteroatoms. The predicted octanol–water partition coefficient (Wildman–Crippen LogP) is 6.30. The van der Waals surface area contributed by atoms with Gasteiger partial charge >= 0.3 is 0 Å². The summed E-state index contributed by atoms with van der Waals surface area (Å²) in [5.41, 5.74) is 2.46. The molecule has 0 aliphatic carbocycles. The Morgan fingerprint density at radius 2 is 1.71 bits per heavy atom. The minimum Gasteiger partial charge on any atom is -0.353 e. The van der Waals surface area contributed by atoms with Gasteiger partial charge in [0.05, 0.1) is 25.6 Å². The molecule has 3 heterocycles. The second kappa shape index (κ2) is 13.6. The van der Waals surface area contributed by atoms with Gasteiger partial charge in [0.2, 0.25) is 0 Å². The van der Waals surface area contributed by atoms with Crippen LogP contribution < -0.4 is 10.2 Å². The summed E-state index contributed by atoms with van der Waals surface area (Å²) in [6, 6.07) is 14.6. The van der Waals surface area contributed by atoms with Crippen molar-refractivity contribution in [2.75, 3.05) is 37.6 Å². The van der Waals surface area contributed by atoms with Crippen LogP contribution in [0.3, 0.4) is 0 Å². The average molecular weight is 634 g/mol. The molecule has 2 aromatic carbocycles. The van der Waals surface area contributed by atoms with Gasteiger partial charge in [-0.25, -0.2) is 4.98 Å². The normalized spacial score (nSPS) is 18.7. The first-order valence-corrected chi connectivity index (χ1v) is 15.2. The molecule has 9 nitrogen and oxygen atoms in total. The van der Waals surface area contributed by atoms with Crippen molar-refractivity contribution in [3.8, 4) is 0 Å². The van der Waals surface area contributed by atoms with E-state index in [4.69, 9.17) is 34.8 Å². The number of aromatic nitrogens is 1. The summed E-state index contributed by atoms with van der Waals surface area (Å²) in [6.07, 6.45) is 3.74. The van der Waals surface area contributed by atoms with E-state index in [9.17, 15) is 14.9 Å². The summed E-state index contributed by atoms with van der Waals surface area (Å²) in [5, 5.41) is 15.1. The molecule has 0 bridgehead atoms. The fourth-order valence-electron chi connectivity index (χ4n) is 5.82. The molecule has 0 saturated carbocycles. The molecule has 5 rings (SSSR count). The van der Waals surface area contributed by atoms with Crippen molar-refractivity contribution in [3.05, 3.63) is 96.6 Å². The summed E-state index contributed by atoms with van der Waals surface area (Å²) >= 11 is 18.7. The van der Waals surface area contributed by atoms with Crippen LogP contribution in [-0.2, 0) is 13.1 Å². The molecule has 1 unspecified atom stereocenters. The number of piperidine rings is 1. The minimum absolute atomic E-state index is 0. The molecular formula is C30H35Cl3N6O3. The number of nitrogens with one attached hydrogen (secondary N) is 1. The molecule has 0 spiro atoms. The number of carbonyl (C=O) groups excluding carboxylic acids is 1. The first-order valence-electron chi connectivity index (χ1n) is 14.0. The number of non-ortho nitro benzene ring substituents is 1. The van der Waals surface area contributed by atoms with Crippen molar-refractivity contribution in [2.45, 2.75) is 44.9 Å². The van der Waals surface area contributed by atoms with E-state index in [1.807, 2.05) is 18.2 Å². The van der Waals surface area contributed by atoms with Crippen molar-refractivity contribution < 1.29 is 11.1 Å². The number of hydrogen-bond acceptors (Lipinski definition) is 7. The van der Waals surface area contributed by atoms with E-state index in [0.717, 1.165) is 63.2 Å². The molecule has 1 aromatic heterocycles. The largest absolute Gasteiger partial charge is 0.353 e. The third kappa shape index (κ3) is 7.33. The Hall–Kier alpha value is -2.95. The zero-order valence-corrected chi connectivity index (χ0v) is 25.6. The van der Waals surface area contributed by atoms with E-state index in [2.05, 4.69) is 31.9 Å². The van der Waals surface area contributed by atoms with Crippen LogP contribution in [0.1, 0.15) is 42.7 Å². The van der Waals surface area contributed by atoms with Crippen molar-refractivity contribution >= 4 is 52.2 Å². The van der Waals surface area contributed by atoms with Gasteiger partial charge < -0.3 is 10.2 Å². The van der Waals surface area contributed by atoms with Crippen molar-refractivity contribution in [2.24, 2.45) is 0 Å². The number of nitro benzene ring substituents is 1. The predicted molar refractivity (Wildman–Crippen MR) is 169 cm³/mol. The van der Waals surface area contributed by atoms with Gasteiger partial charge in [0, 0.05) is 64.6 Å². The van der Waals surface area contributed by atoms with Crippen LogP contribution in [0.5, 0.6) is 0 Å². The lowest BCUT2D eigenvalue weighted by atomic mass is 9.99. The third-order valence-electron chi connectivity index (χ3n) is 8.08. The molecule has 224 valence electrons. The number of halogens is 3. The smallest absolute Gasteiger partial charge is 0.269 e. The van der Waals surface area contributed by atoms with Gasteiger partial charge in [0.1, 0.15) is 5.82 Å². The van der Waals surface area contributed by atoms with E-state index >= 15 is 0 Å². The number of amides is 1. The number of likely N-dealkylation sites (tertiary alicyclic amines) is 1. The molecule has 2 saturated heterocycles. The monoisotopic (exact) mass is 632 g/mol. The molecule has 42 heavy (non-hydrogen) atoms. The summed E-state index contributed by atoms with van der Waals surface area (Å²) < 4.78 is 0. The first-order chi connectivity index (χ1) is 20.2. The van der Waals surface area contributed by atoms with Crippen molar-refractivity contribution in [1.82, 2.24) is 20.1 Å². The van der Waals surface area contributed by atoms with Gasteiger partial charge in [-0.05, 0) is 62.2 Å². The van der Waals surface area contributed by atoms with Gasteiger partial charge in [-0.15, -0.1) is 0 Å². The molecule has 2 aliphatic heterocycles. The van der Waals surface area contributed by atoms with Crippen LogP contribution in [0.4, 0.5) is 11.5 Å². The Balaban J connectivity index is 0.00000423. The van der Waals surface area contributed by atoms with Crippen LogP contribution >= 0.6 is 34.8 Å². The Morgan fingerprint density at radius 1 is 1.00 bits per heavy atom. The number of pyridine rings is 1. The Kier molecular flexibility index (Phi) is 9.85. The standard InChI is InChI=1S/C30H33Cl3N6O3.H2/c1-20-18-37(29-28(33)15-23(17-34-29)30(40)35-16-22-4-7-26(31)27(32)14-22)12-13-38(20)24-8-10-36(11-9-24)19-21-2-5-25(6-3-21)39(41)42;/h2-7,14-15,17,20,24H,8-13,16,18-19H2,1H3,(H,35,40);1H. The van der Waals surface area contributed by atoms with E-state index in [1.54, 1.807) is 36.5 Å². The highest BCUT2D eigenvalue weighted by Gasteiger charge is 2.32. The van der Waals surface area contributed by atoms with E-state index in [1.165, 1.54) is 0 Å². The van der Waals surface area contributed by atoms with Crippen LogP contribution in [0.15, 0.2) is 54.7 Å². The number of piperazine rings is 1. The molecule has 1 N–H and O–H groups in total. The number of carbonyl (C=O) groups is 1. The van der Waals surface area contributed by atoms with Gasteiger partial charge in [-0.3, -0.25) is 24.7 Å². The van der Waals surface area contributed by atoms with Crippen LogP contribution in [0.2, 0.25) is 15.1 Å². The quantitative estimate of drug-likeness (QED) is 0.230. The lowest BCUT2D eigenvalue weighted by Crippen LogP contribution is -2.57. The minimum atomic E-state index is -0.365. The van der Waals surface area contributed by atoms with Crippen molar-refractivity contribution in [1.29, 1.82) is 0 Å². The molecule has 3 aromatic rings. The van der Waals surface area contributed by atoms with Gasteiger partial charge in [-0.1, -0.05) is 53.0 Å².